The zero-order valence-electron chi connectivity index (χ0n) is 8.94. The van der Waals surface area contributed by atoms with Gasteiger partial charge in [0.15, 0.2) is 0 Å². The van der Waals surface area contributed by atoms with Crippen molar-refractivity contribution in [2.24, 2.45) is 5.92 Å². The van der Waals surface area contributed by atoms with E-state index in [1.54, 1.807) is 13.8 Å². The molecule has 0 aliphatic rings. The second-order valence-electron chi connectivity index (χ2n) is 3.12. The van der Waals surface area contributed by atoms with Crippen LogP contribution in [-0.4, -0.2) is 22.8 Å². The van der Waals surface area contributed by atoms with Crippen molar-refractivity contribution in [3.63, 3.8) is 0 Å². The van der Waals surface area contributed by atoms with Crippen LogP contribution in [0, 0.1) is 5.92 Å². The van der Waals surface area contributed by atoms with Crippen molar-refractivity contribution in [3.05, 3.63) is 11.6 Å². The van der Waals surface area contributed by atoms with Crippen molar-refractivity contribution >= 4 is 17.7 Å². The van der Waals surface area contributed by atoms with E-state index >= 15 is 0 Å². The summed E-state index contributed by atoms with van der Waals surface area (Å²) in [6.45, 7) is 3.43. The monoisotopic (exact) mass is 238 g/mol. The zero-order valence-corrected chi connectivity index (χ0v) is 12.1. The van der Waals surface area contributed by atoms with Crippen LogP contribution in [-0.2, 0) is 14.4 Å². The summed E-state index contributed by atoms with van der Waals surface area (Å²) in [7, 11) is 0. The molecule has 0 aromatic heterocycles. The van der Waals surface area contributed by atoms with Crippen molar-refractivity contribution in [2.45, 2.75) is 20.3 Å². The Morgan fingerprint density at radius 2 is 1.80 bits per heavy atom. The molecule has 0 aliphatic heterocycles. The van der Waals surface area contributed by atoms with E-state index in [1.807, 2.05) is 0 Å². The topological polar surface area (TPSA) is 94.5 Å². The fraction of sp³-hybridized carbons (Fsp3) is 0.444. The van der Waals surface area contributed by atoms with Gasteiger partial charge in [-0.15, -0.1) is 0 Å². The normalized spacial score (nSPS) is 10.7. The van der Waals surface area contributed by atoms with E-state index < -0.39 is 24.1 Å². The Bertz CT molecular complexity index is 293. The number of aliphatic carboxylic acids is 2. The van der Waals surface area contributed by atoms with Crippen molar-refractivity contribution < 1.29 is 76.0 Å². The van der Waals surface area contributed by atoms with Crippen molar-refractivity contribution in [2.75, 3.05) is 0 Å². The number of rotatable bonds is 5. The molecule has 0 saturated carbocycles. The third-order valence-electron chi connectivity index (χ3n) is 1.35. The minimum absolute atomic E-state index is 0. The number of hydrogen-bond donors (Lipinski definition) is 1. The van der Waals surface area contributed by atoms with Gasteiger partial charge in [-0.1, -0.05) is 19.9 Å². The van der Waals surface area contributed by atoms with Crippen LogP contribution in [0.3, 0.4) is 0 Å². The second kappa shape index (κ2) is 8.17. The molecule has 0 heterocycles. The van der Waals surface area contributed by atoms with Crippen LogP contribution in [0.25, 0.3) is 0 Å². The summed E-state index contributed by atoms with van der Waals surface area (Å²) in [6, 6.07) is 0. The van der Waals surface area contributed by atoms with E-state index in [4.69, 9.17) is 5.11 Å². The molecule has 1 N–H and O–H groups in total. The Labute approximate surface area is 130 Å². The fourth-order valence-electron chi connectivity index (χ4n) is 0.911. The van der Waals surface area contributed by atoms with Gasteiger partial charge in [0.1, 0.15) is 5.97 Å². The first-order valence-corrected chi connectivity index (χ1v) is 4.02. The van der Waals surface area contributed by atoms with Crippen LogP contribution in [0.4, 0.5) is 0 Å². The summed E-state index contributed by atoms with van der Waals surface area (Å²) in [5, 5.41) is 18.6. The van der Waals surface area contributed by atoms with Crippen LogP contribution in [0.1, 0.15) is 20.3 Å². The maximum Gasteiger partial charge on any atom is 1.00 e. The summed E-state index contributed by atoms with van der Waals surface area (Å²) in [5.74, 6) is -4.47. The standard InChI is InChI=1S/C9H12O5.K/c1-5(2)3-6(4-7(10)11)8(12)9(13)14;/h3,5H,4H2,1-2H3,(H,10,11)(H,13,14);/q;+1/p-1/b6-3+;. The number of carbonyl (C=O) groups is 3. The summed E-state index contributed by atoms with van der Waals surface area (Å²) < 4.78 is 0. The van der Waals surface area contributed by atoms with E-state index in [0.717, 1.165) is 0 Å². The minimum atomic E-state index is -1.88. The quantitative estimate of drug-likeness (QED) is 0.303. The molecule has 6 heteroatoms. The van der Waals surface area contributed by atoms with Crippen molar-refractivity contribution in [1.29, 1.82) is 0 Å². The Balaban J connectivity index is 0. The third kappa shape index (κ3) is 7.86. The Morgan fingerprint density at radius 1 is 1.33 bits per heavy atom. The molecule has 0 fully saturated rings. The van der Waals surface area contributed by atoms with Gasteiger partial charge in [-0.2, -0.15) is 0 Å². The summed E-state index contributed by atoms with van der Waals surface area (Å²) in [5.41, 5.74) is -0.243. The molecule has 0 aliphatic carbocycles. The van der Waals surface area contributed by atoms with Gasteiger partial charge in [0.05, 0.1) is 6.42 Å². The van der Waals surface area contributed by atoms with Gasteiger partial charge < -0.3 is 15.0 Å². The molecule has 0 bridgehead atoms. The molecule has 5 nitrogen and oxygen atoms in total. The summed E-state index contributed by atoms with van der Waals surface area (Å²) in [4.78, 5) is 31.4. The maximum absolute atomic E-state index is 10.9. The predicted molar refractivity (Wildman–Crippen MR) is 45.2 cm³/mol. The minimum Gasteiger partial charge on any atom is -0.541 e. The number of hydrogen-bond acceptors (Lipinski definition) is 4. The van der Waals surface area contributed by atoms with Gasteiger partial charge in [-0.25, -0.2) is 0 Å². The SMILES string of the molecule is CC(C)/C=C(\CC(=O)O)C(=O)C(=O)[O-].[K+]. The molecule has 0 spiro atoms. The van der Waals surface area contributed by atoms with Crippen molar-refractivity contribution in [3.8, 4) is 0 Å². The van der Waals surface area contributed by atoms with E-state index in [1.165, 1.54) is 6.08 Å². The number of Topliss-reactive ketones (excluding diaryl/α,β-unsaturated/α-hetero) is 1. The van der Waals surface area contributed by atoms with Crippen LogP contribution in [0.15, 0.2) is 11.6 Å². The first-order valence-electron chi connectivity index (χ1n) is 4.02. The van der Waals surface area contributed by atoms with Crippen molar-refractivity contribution in [1.82, 2.24) is 0 Å². The molecular formula is C9H11KO5. The van der Waals surface area contributed by atoms with E-state index in [2.05, 4.69) is 0 Å². The van der Waals surface area contributed by atoms with Crippen LogP contribution in [0.5, 0.6) is 0 Å². The molecule has 0 aromatic carbocycles. The molecule has 0 amide bonds. The molecule has 0 atom stereocenters. The predicted octanol–water partition coefficient (Wildman–Crippen LogP) is -3.63. The molecular weight excluding hydrogens is 227 g/mol. The average Bonchev–Trinajstić information content (AvgIpc) is 1.99. The van der Waals surface area contributed by atoms with Crippen LogP contribution < -0.4 is 56.5 Å². The number of carboxylic acids is 2. The zero-order chi connectivity index (χ0) is 11.3. The number of allylic oxidation sites excluding steroid dienone is 1. The maximum atomic E-state index is 10.9. The summed E-state index contributed by atoms with van der Waals surface area (Å²) >= 11 is 0. The smallest absolute Gasteiger partial charge is 0.541 e. The average molecular weight is 238 g/mol. The van der Waals surface area contributed by atoms with Crippen LogP contribution in [0.2, 0.25) is 0 Å². The largest absolute Gasteiger partial charge is 1.00 e. The van der Waals surface area contributed by atoms with Gasteiger partial charge in [0.2, 0.25) is 5.78 Å². The van der Waals surface area contributed by atoms with E-state index in [-0.39, 0.29) is 62.9 Å². The number of carbonyl (C=O) groups excluding carboxylic acids is 2. The van der Waals surface area contributed by atoms with E-state index in [0.29, 0.717) is 0 Å². The van der Waals surface area contributed by atoms with Gasteiger partial charge in [0.25, 0.3) is 0 Å². The van der Waals surface area contributed by atoms with Gasteiger partial charge in [0, 0.05) is 5.57 Å². The summed E-state index contributed by atoms with van der Waals surface area (Å²) in [6.07, 6.45) is 0.719. The van der Waals surface area contributed by atoms with Gasteiger partial charge in [-0.05, 0) is 5.92 Å². The number of ketones is 1. The molecule has 78 valence electrons. The molecule has 0 unspecified atom stereocenters. The van der Waals surface area contributed by atoms with Gasteiger partial charge >= 0.3 is 57.4 Å². The molecule has 0 rings (SSSR count). The van der Waals surface area contributed by atoms with Gasteiger partial charge in [-0.3, -0.25) is 9.59 Å². The third-order valence-corrected chi connectivity index (χ3v) is 1.35. The Kier molecular flexibility index (Phi) is 9.47. The fourth-order valence-corrected chi connectivity index (χ4v) is 0.911. The first kappa shape index (κ1) is 17.4. The van der Waals surface area contributed by atoms with Crippen LogP contribution >= 0.6 is 0 Å². The molecule has 0 radical (unpaired) electrons. The number of carboxylic acid groups (broad SMARTS) is 2. The Morgan fingerprint density at radius 3 is 2.07 bits per heavy atom. The second-order valence-corrected chi connectivity index (χ2v) is 3.12. The first-order chi connectivity index (χ1) is 6.34. The molecule has 0 aromatic rings. The Hall–Kier alpha value is -0.0136. The molecule has 15 heavy (non-hydrogen) atoms. The van der Waals surface area contributed by atoms with E-state index in [9.17, 15) is 19.5 Å². The molecule has 0 saturated heterocycles.